The topological polar surface area (TPSA) is 178 Å². The predicted octanol–water partition coefficient (Wildman–Crippen LogP) is 0.943. The van der Waals surface area contributed by atoms with Crippen LogP contribution in [0.5, 0.6) is 0 Å². The third-order valence-corrected chi connectivity index (χ3v) is 4.87. The Morgan fingerprint density at radius 3 is 1.26 bits per heavy atom. The van der Waals surface area contributed by atoms with Gasteiger partial charge in [-0.2, -0.15) is 20.1 Å². The molecule has 2 rings (SSSR count). The molecule has 0 radical (unpaired) electrons. The van der Waals surface area contributed by atoms with Crippen LogP contribution in [-0.4, -0.2) is 58.5 Å². The average Bonchev–Trinajstić information content (AvgIpc) is 2.61. The normalized spacial score (nSPS) is 20.1. The molecule has 0 aromatic heterocycles. The number of unbranched alkanes of at least 4 members (excludes halogenated alkanes) is 6. The molecule has 12 nitrogen and oxygen atoms in total. The van der Waals surface area contributed by atoms with Crippen LogP contribution in [0.4, 0.5) is 0 Å². The molecule has 0 atom stereocenters. The Balaban J connectivity index is 1.50. The van der Waals surface area contributed by atoms with E-state index in [2.05, 4.69) is 20.0 Å². The van der Waals surface area contributed by atoms with Gasteiger partial charge < -0.3 is 22.9 Å². The zero-order valence-electron chi connectivity index (χ0n) is 19.2. The van der Waals surface area contributed by atoms with Crippen LogP contribution in [0.2, 0.25) is 0 Å². The van der Waals surface area contributed by atoms with Crippen LogP contribution in [0, 0.1) is 0 Å². The summed E-state index contributed by atoms with van der Waals surface area (Å²) >= 11 is 0. The maximum atomic E-state index is 5.89. The molecule has 8 N–H and O–H groups in total. The van der Waals surface area contributed by atoms with E-state index < -0.39 is 11.3 Å². The molecule has 0 aliphatic carbocycles. The molecule has 176 valence electrons. The summed E-state index contributed by atoms with van der Waals surface area (Å²) in [5.74, 6) is 0.802. The van der Waals surface area contributed by atoms with E-state index in [1.165, 1.54) is 16.5 Å². The molecule has 0 unspecified atom stereocenters. The number of nitrogens with two attached hydrogens (primary N) is 4. The Morgan fingerprint density at radius 1 is 0.613 bits per heavy atom. The average molecular weight is 439 g/mol. The fourth-order valence-corrected chi connectivity index (χ4v) is 3.44. The number of guanidine groups is 4. The lowest BCUT2D eigenvalue weighted by molar-refractivity contribution is -0.158. The minimum atomic E-state index is -0.656. The Hall–Kier alpha value is -2.60. The van der Waals surface area contributed by atoms with E-state index in [4.69, 9.17) is 32.6 Å². The van der Waals surface area contributed by atoms with Gasteiger partial charge in [-0.1, -0.05) is 32.1 Å². The minimum absolute atomic E-state index is 0.169. The van der Waals surface area contributed by atoms with Crippen molar-refractivity contribution in [3.8, 4) is 0 Å². The maximum Gasteiger partial charge on any atom is 0.226 e. The van der Waals surface area contributed by atoms with Crippen molar-refractivity contribution in [1.29, 1.82) is 0 Å². The van der Waals surface area contributed by atoms with Gasteiger partial charge in [-0.05, 0) is 40.5 Å². The molecule has 0 fully saturated rings. The predicted molar refractivity (Wildman–Crippen MR) is 123 cm³/mol. The fourth-order valence-electron chi connectivity index (χ4n) is 3.44. The first-order valence-corrected chi connectivity index (χ1v) is 10.8. The highest BCUT2D eigenvalue weighted by Gasteiger charge is 2.33. The molecule has 31 heavy (non-hydrogen) atoms. The largest absolute Gasteiger partial charge is 0.368 e. The lowest BCUT2D eigenvalue weighted by Gasteiger charge is -2.36. The van der Waals surface area contributed by atoms with Gasteiger partial charge in [0.15, 0.2) is 11.3 Å². The van der Waals surface area contributed by atoms with E-state index in [9.17, 15) is 0 Å². The van der Waals surface area contributed by atoms with Crippen LogP contribution in [0.1, 0.15) is 72.6 Å². The Kier molecular flexibility index (Phi) is 8.45. The van der Waals surface area contributed by atoms with Gasteiger partial charge >= 0.3 is 0 Å². The van der Waals surface area contributed by atoms with E-state index in [1.54, 1.807) is 0 Å². The van der Waals surface area contributed by atoms with Crippen molar-refractivity contribution in [1.82, 2.24) is 10.1 Å². The highest BCUT2D eigenvalue weighted by Crippen LogP contribution is 2.21. The van der Waals surface area contributed by atoms with Gasteiger partial charge in [-0.25, -0.2) is 9.98 Å². The monoisotopic (exact) mass is 438 g/mol. The molecular weight excluding hydrogens is 400 g/mol. The summed E-state index contributed by atoms with van der Waals surface area (Å²) in [7, 11) is 0. The number of rotatable bonds is 12. The SMILES string of the molecule is CC1(C)N=C(N)N=C(N)N1OCCCCCCCCCON1C(N)=NC(N)=NC1(C)C. The first kappa shape index (κ1) is 24.7. The van der Waals surface area contributed by atoms with Gasteiger partial charge in [0.2, 0.25) is 23.8 Å². The van der Waals surface area contributed by atoms with Crippen LogP contribution in [0.3, 0.4) is 0 Å². The van der Waals surface area contributed by atoms with Crippen molar-refractivity contribution in [3.05, 3.63) is 0 Å². The van der Waals surface area contributed by atoms with Gasteiger partial charge in [-0.3, -0.25) is 9.68 Å². The van der Waals surface area contributed by atoms with E-state index in [-0.39, 0.29) is 23.8 Å². The first-order chi connectivity index (χ1) is 14.5. The summed E-state index contributed by atoms with van der Waals surface area (Å²) in [6, 6.07) is 0. The molecule has 0 saturated carbocycles. The summed E-state index contributed by atoms with van der Waals surface area (Å²) in [6.45, 7) is 8.62. The molecule has 2 aliphatic rings. The Labute approximate surface area is 184 Å². The molecule has 0 spiro atoms. The van der Waals surface area contributed by atoms with E-state index in [1.807, 2.05) is 27.7 Å². The van der Waals surface area contributed by atoms with Crippen LogP contribution < -0.4 is 22.9 Å². The summed E-state index contributed by atoms with van der Waals surface area (Å²) in [5.41, 5.74) is 21.8. The molecule has 0 saturated heterocycles. The van der Waals surface area contributed by atoms with Crippen LogP contribution >= 0.6 is 0 Å². The molecule has 12 heteroatoms. The van der Waals surface area contributed by atoms with Crippen LogP contribution in [-0.2, 0) is 9.68 Å². The quantitative estimate of drug-likeness (QED) is 0.325. The molecule has 0 aromatic carbocycles. The second-order valence-corrected chi connectivity index (χ2v) is 8.60. The van der Waals surface area contributed by atoms with E-state index in [0.29, 0.717) is 13.2 Å². The van der Waals surface area contributed by atoms with Gasteiger partial charge in [0.25, 0.3) is 0 Å². The van der Waals surface area contributed by atoms with Gasteiger partial charge in [0.05, 0.1) is 13.2 Å². The van der Waals surface area contributed by atoms with Gasteiger partial charge in [-0.15, -0.1) is 0 Å². The Morgan fingerprint density at radius 2 is 0.935 bits per heavy atom. The third-order valence-electron chi connectivity index (χ3n) is 4.87. The summed E-state index contributed by atoms with van der Waals surface area (Å²) in [6.07, 6.45) is 7.51. The molecular formula is C19H38N10O2. The highest BCUT2D eigenvalue weighted by molar-refractivity contribution is 5.95. The highest BCUT2D eigenvalue weighted by atomic mass is 16.7. The standard InChI is InChI=1S/C19H38N10O2/c1-18(2)26-14(20)24-16(22)28(18)30-12-10-8-6-5-7-9-11-13-31-29-17(23)25-15(21)27-19(29,3)4/h5-13H2,1-4H3,(H4,20,22,24,26)(H4,21,23,25,27). The number of hydroxylamine groups is 4. The van der Waals surface area contributed by atoms with Crippen molar-refractivity contribution >= 4 is 23.8 Å². The van der Waals surface area contributed by atoms with Crippen molar-refractivity contribution in [2.45, 2.75) is 84.0 Å². The molecule has 2 aliphatic heterocycles. The molecule has 0 bridgehead atoms. The zero-order valence-corrected chi connectivity index (χ0v) is 19.2. The number of nitrogens with zero attached hydrogens (tertiary/aromatic N) is 6. The third kappa shape index (κ3) is 7.24. The molecule has 0 aromatic rings. The van der Waals surface area contributed by atoms with E-state index in [0.717, 1.165) is 38.5 Å². The van der Waals surface area contributed by atoms with Crippen LogP contribution in [0.25, 0.3) is 0 Å². The first-order valence-electron chi connectivity index (χ1n) is 10.8. The summed E-state index contributed by atoms with van der Waals surface area (Å²) in [5, 5.41) is 3.04. The van der Waals surface area contributed by atoms with Gasteiger partial charge in [0, 0.05) is 0 Å². The van der Waals surface area contributed by atoms with E-state index >= 15 is 0 Å². The molecule has 0 amide bonds. The summed E-state index contributed by atoms with van der Waals surface area (Å²) < 4.78 is 0. The fraction of sp³-hybridized carbons (Fsp3) is 0.789. The second-order valence-electron chi connectivity index (χ2n) is 8.60. The Bertz CT molecular complexity index is 669. The number of aliphatic imine (C=N–C) groups is 4. The zero-order chi connectivity index (χ0) is 23.1. The number of hydrogen-bond acceptors (Lipinski definition) is 12. The minimum Gasteiger partial charge on any atom is -0.368 e. The van der Waals surface area contributed by atoms with Crippen molar-refractivity contribution < 1.29 is 9.68 Å². The van der Waals surface area contributed by atoms with Crippen molar-refractivity contribution in [3.63, 3.8) is 0 Å². The van der Waals surface area contributed by atoms with Crippen molar-refractivity contribution in [2.75, 3.05) is 13.2 Å². The second kappa shape index (κ2) is 10.6. The maximum absolute atomic E-state index is 5.89. The lowest BCUT2D eigenvalue weighted by atomic mass is 10.1. The van der Waals surface area contributed by atoms with Crippen molar-refractivity contribution in [2.24, 2.45) is 42.9 Å². The molecule has 2 heterocycles. The lowest BCUT2D eigenvalue weighted by Crippen LogP contribution is -2.53. The van der Waals surface area contributed by atoms with Crippen LogP contribution in [0.15, 0.2) is 20.0 Å². The summed E-state index contributed by atoms with van der Waals surface area (Å²) in [4.78, 5) is 27.9. The smallest absolute Gasteiger partial charge is 0.226 e. The van der Waals surface area contributed by atoms with Gasteiger partial charge in [0.1, 0.15) is 0 Å². The number of hydrogen-bond donors (Lipinski definition) is 4.